The van der Waals surface area contributed by atoms with Crippen molar-refractivity contribution in [3.05, 3.63) is 35.9 Å². The third kappa shape index (κ3) is 2.42. The van der Waals surface area contributed by atoms with Crippen molar-refractivity contribution in [2.45, 2.75) is 51.9 Å². The van der Waals surface area contributed by atoms with Crippen LogP contribution < -0.4 is 0 Å². The highest BCUT2D eigenvalue weighted by Gasteiger charge is 2.29. The van der Waals surface area contributed by atoms with Crippen LogP contribution in [-0.2, 0) is 0 Å². The molecule has 2 rings (SSSR count). The number of hydrogen-bond donors (Lipinski definition) is 0. The number of benzene rings is 1. The molecule has 1 saturated carbocycles. The van der Waals surface area contributed by atoms with Crippen LogP contribution in [0.2, 0.25) is 0 Å². The maximum absolute atomic E-state index is 2.45. The van der Waals surface area contributed by atoms with Crippen molar-refractivity contribution in [1.82, 2.24) is 0 Å². The van der Waals surface area contributed by atoms with E-state index in [2.05, 4.69) is 44.2 Å². The summed E-state index contributed by atoms with van der Waals surface area (Å²) >= 11 is 0. The molecule has 0 unspecified atom stereocenters. The van der Waals surface area contributed by atoms with E-state index < -0.39 is 0 Å². The van der Waals surface area contributed by atoms with Crippen molar-refractivity contribution in [3.63, 3.8) is 0 Å². The zero-order chi connectivity index (χ0) is 10.7. The summed E-state index contributed by atoms with van der Waals surface area (Å²) in [6.07, 6.45) is 6.92. The summed E-state index contributed by atoms with van der Waals surface area (Å²) in [4.78, 5) is 0. The molecule has 0 atom stereocenters. The molecule has 0 heterocycles. The summed E-state index contributed by atoms with van der Waals surface area (Å²) in [6, 6.07) is 11.0. The molecular weight excluding hydrogens is 180 g/mol. The van der Waals surface area contributed by atoms with Crippen LogP contribution in [0.15, 0.2) is 30.3 Å². The van der Waals surface area contributed by atoms with Crippen molar-refractivity contribution in [1.29, 1.82) is 0 Å². The van der Waals surface area contributed by atoms with Crippen LogP contribution in [0.3, 0.4) is 0 Å². The zero-order valence-corrected chi connectivity index (χ0v) is 10.00. The largest absolute Gasteiger partial charge is 0.0649 e. The molecule has 1 aliphatic carbocycles. The highest BCUT2D eigenvalue weighted by molar-refractivity contribution is 5.20. The molecule has 1 aliphatic rings. The molecule has 0 bridgehead atoms. The minimum absolute atomic E-state index is 0.630. The van der Waals surface area contributed by atoms with Gasteiger partial charge in [0.15, 0.2) is 0 Å². The van der Waals surface area contributed by atoms with E-state index in [1.807, 2.05) is 0 Å². The van der Waals surface area contributed by atoms with Gasteiger partial charge in [0, 0.05) is 0 Å². The first kappa shape index (κ1) is 10.7. The molecule has 0 N–H and O–H groups in total. The highest BCUT2D eigenvalue weighted by atomic mass is 14.3. The molecule has 0 heteroatoms. The maximum Gasteiger partial charge on any atom is -0.0162 e. The lowest BCUT2D eigenvalue weighted by Crippen LogP contribution is -2.22. The monoisotopic (exact) mass is 202 g/mol. The van der Waals surface area contributed by atoms with E-state index >= 15 is 0 Å². The van der Waals surface area contributed by atoms with Gasteiger partial charge in [-0.3, -0.25) is 0 Å². The van der Waals surface area contributed by atoms with Gasteiger partial charge < -0.3 is 0 Å². The Kier molecular flexibility index (Phi) is 3.14. The summed E-state index contributed by atoms with van der Waals surface area (Å²) < 4.78 is 0. The molecule has 0 radical (unpaired) electrons. The Bertz CT molecular complexity index is 291. The Morgan fingerprint density at radius 2 is 1.73 bits per heavy atom. The quantitative estimate of drug-likeness (QED) is 0.648. The Morgan fingerprint density at radius 1 is 1.13 bits per heavy atom. The lowest BCUT2D eigenvalue weighted by Gasteiger charge is -2.36. The summed E-state index contributed by atoms with van der Waals surface area (Å²) in [5, 5.41) is 0. The van der Waals surface area contributed by atoms with Crippen LogP contribution in [-0.4, -0.2) is 0 Å². The second-order valence-corrected chi connectivity index (χ2v) is 5.35. The fraction of sp³-hybridized carbons (Fsp3) is 0.600. The molecule has 0 aliphatic heterocycles. The highest BCUT2D eigenvalue weighted by Crippen LogP contribution is 2.44. The van der Waals surface area contributed by atoms with Crippen LogP contribution >= 0.6 is 0 Å². The topological polar surface area (TPSA) is 0 Å². The van der Waals surface area contributed by atoms with Gasteiger partial charge in [-0.25, -0.2) is 0 Å². The van der Waals surface area contributed by atoms with E-state index in [9.17, 15) is 0 Å². The summed E-state index contributed by atoms with van der Waals surface area (Å²) in [5.74, 6) is 0.825. The predicted molar refractivity (Wildman–Crippen MR) is 66.0 cm³/mol. The minimum atomic E-state index is 0.630. The van der Waals surface area contributed by atoms with Crippen molar-refractivity contribution in [2.24, 2.45) is 5.41 Å². The van der Waals surface area contributed by atoms with E-state index in [0.717, 1.165) is 5.92 Å². The lowest BCUT2D eigenvalue weighted by atomic mass is 9.69. The molecular formula is C15H22. The van der Waals surface area contributed by atoms with Gasteiger partial charge in [0.25, 0.3) is 0 Å². The molecule has 0 nitrogen and oxygen atoms in total. The van der Waals surface area contributed by atoms with Gasteiger partial charge in [-0.05, 0) is 42.6 Å². The van der Waals surface area contributed by atoms with Gasteiger partial charge >= 0.3 is 0 Å². The number of hydrogen-bond acceptors (Lipinski definition) is 0. The normalized spacial score (nSPS) is 31.5. The first-order chi connectivity index (χ1) is 7.23. The molecule has 0 spiro atoms. The Balaban J connectivity index is 2.00. The van der Waals surface area contributed by atoms with Gasteiger partial charge in [-0.1, -0.05) is 50.6 Å². The minimum Gasteiger partial charge on any atom is -0.0649 e. The average molecular weight is 202 g/mol. The van der Waals surface area contributed by atoms with Crippen LogP contribution in [0, 0.1) is 5.41 Å². The lowest BCUT2D eigenvalue weighted by molar-refractivity contribution is 0.191. The number of rotatable bonds is 2. The standard InChI is InChI=1S/C15H22/c1-3-15(2)11-9-14(10-12-15)13-7-5-4-6-8-13/h4-8,14H,3,9-12H2,1-2H3. The van der Waals surface area contributed by atoms with E-state index in [4.69, 9.17) is 0 Å². The molecule has 0 amide bonds. The Morgan fingerprint density at radius 3 is 2.27 bits per heavy atom. The van der Waals surface area contributed by atoms with Gasteiger partial charge in [0.2, 0.25) is 0 Å². The van der Waals surface area contributed by atoms with Gasteiger partial charge in [0.05, 0.1) is 0 Å². The molecule has 15 heavy (non-hydrogen) atoms. The molecule has 0 aromatic heterocycles. The third-order valence-corrected chi connectivity index (χ3v) is 4.32. The third-order valence-electron chi connectivity index (χ3n) is 4.32. The first-order valence-electron chi connectivity index (χ1n) is 6.28. The first-order valence-corrected chi connectivity index (χ1v) is 6.28. The van der Waals surface area contributed by atoms with E-state index in [1.165, 1.54) is 32.1 Å². The Hall–Kier alpha value is -0.780. The smallest absolute Gasteiger partial charge is 0.0162 e. The van der Waals surface area contributed by atoms with Crippen LogP contribution in [0.25, 0.3) is 0 Å². The van der Waals surface area contributed by atoms with Crippen molar-refractivity contribution in [3.8, 4) is 0 Å². The van der Waals surface area contributed by atoms with E-state index in [-0.39, 0.29) is 0 Å². The van der Waals surface area contributed by atoms with Gasteiger partial charge in [-0.2, -0.15) is 0 Å². The molecule has 1 fully saturated rings. The predicted octanol–water partition coefficient (Wildman–Crippen LogP) is 4.76. The fourth-order valence-corrected chi connectivity index (χ4v) is 2.73. The zero-order valence-electron chi connectivity index (χ0n) is 10.00. The second kappa shape index (κ2) is 4.38. The van der Waals surface area contributed by atoms with Crippen molar-refractivity contribution in [2.75, 3.05) is 0 Å². The summed E-state index contributed by atoms with van der Waals surface area (Å²) in [5.41, 5.74) is 2.18. The Labute approximate surface area is 93.7 Å². The SMILES string of the molecule is CCC1(C)CCC(c2ccccc2)CC1. The maximum atomic E-state index is 2.45. The van der Waals surface area contributed by atoms with E-state index in [0.29, 0.717) is 5.41 Å². The van der Waals surface area contributed by atoms with Crippen molar-refractivity contribution >= 4 is 0 Å². The molecule has 1 aromatic carbocycles. The summed E-state index contributed by atoms with van der Waals surface area (Å²) in [6.45, 7) is 4.79. The van der Waals surface area contributed by atoms with Gasteiger partial charge in [-0.15, -0.1) is 0 Å². The van der Waals surface area contributed by atoms with E-state index in [1.54, 1.807) is 5.56 Å². The summed E-state index contributed by atoms with van der Waals surface area (Å²) in [7, 11) is 0. The molecule has 1 aromatic rings. The van der Waals surface area contributed by atoms with Crippen LogP contribution in [0.5, 0.6) is 0 Å². The van der Waals surface area contributed by atoms with Crippen LogP contribution in [0.1, 0.15) is 57.4 Å². The fourth-order valence-electron chi connectivity index (χ4n) is 2.73. The molecule has 82 valence electrons. The molecule has 0 saturated heterocycles. The van der Waals surface area contributed by atoms with Crippen LogP contribution in [0.4, 0.5) is 0 Å². The second-order valence-electron chi connectivity index (χ2n) is 5.35. The average Bonchev–Trinajstić information content (AvgIpc) is 2.31. The van der Waals surface area contributed by atoms with Crippen molar-refractivity contribution < 1.29 is 0 Å². The van der Waals surface area contributed by atoms with Gasteiger partial charge in [0.1, 0.15) is 0 Å².